The Kier molecular flexibility index (Phi) is 7.29. The second-order valence-electron chi connectivity index (χ2n) is 7.81. The number of hydrogen-bond donors (Lipinski definition) is 3. The summed E-state index contributed by atoms with van der Waals surface area (Å²) in [7, 11) is -4.72. The van der Waals surface area contributed by atoms with Gasteiger partial charge in [0.2, 0.25) is 5.94 Å². The fraction of sp³-hybridized carbons (Fsp3) is 0.217. The van der Waals surface area contributed by atoms with Crippen LogP contribution in [-0.4, -0.2) is 29.3 Å². The molecule has 3 rings (SSSR count). The molecule has 0 radical (unpaired) electrons. The van der Waals surface area contributed by atoms with E-state index in [1.54, 1.807) is 36.4 Å². The zero-order valence-corrected chi connectivity index (χ0v) is 19.7. The molecule has 0 saturated heterocycles. The van der Waals surface area contributed by atoms with Gasteiger partial charge in [-0.05, 0) is 84.0 Å². The Labute approximate surface area is 191 Å². The molecule has 0 amide bonds. The summed E-state index contributed by atoms with van der Waals surface area (Å²) in [6.45, 7) is -1.66. The Bertz CT molecular complexity index is 1290. The molecule has 0 heterocycles. The largest absolute Gasteiger partial charge is 0.508 e. The van der Waals surface area contributed by atoms with Gasteiger partial charge in [-0.3, -0.25) is 0 Å². The molecule has 33 heavy (non-hydrogen) atoms. The summed E-state index contributed by atoms with van der Waals surface area (Å²) in [5.41, 5.74) is 5.10. The topological polar surface area (TPSA) is 121 Å². The summed E-state index contributed by atoms with van der Waals surface area (Å²) in [5.74, 6) is -1.12. The molecular weight excluding hydrogens is 470 g/mol. The quantitative estimate of drug-likeness (QED) is 0.402. The van der Waals surface area contributed by atoms with Crippen LogP contribution in [-0.2, 0) is 26.9 Å². The van der Waals surface area contributed by atoms with Crippen LogP contribution in [0.25, 0.3) is 0 Å². The van der Waals surface area contributed by atoms with Gasteiger partial charge in [-0.15, -0.1) is 0 Å². The summed E-state index contributed by atoms with van der Waals surface area (Å²) >= 11 is 0. The van der Waals surface area contributed by atoms with E-state index in [-0.39, 0.29) is 17.3 Å². The molecule has 0 aliphatic heterocycles. The number of aromatic hydroxyl groups is 1. The minimum atomic E-state index is -5.31. The van der Waals surface area contributed by atoms with E-state index in [2.05, 4.69) is 0 Å². The second-order valence-corrected chi connectivity index (χ2v) is 13.3. The monoisotopic (exact) mass is 494 g/mol. The Morgan fingerprint density at radius 3 is 2.06 bits per heavy atom. The van der Waals surface area contributed by atoms with Gasteiger partial charge in [0.1, 0.15) is 17.3 Å². The van der Waals surface area contributed by atoms with Crippen molar-refractivity contribution in [3.8, 4) is 11.5 Å². The number of hydrogen-bond acceptors (Lipinski definition) is 5. The smallest absolute Gasteiger partial charge is 0.443 e. The fourth-order valence-corrected chi connectivity index (χ4v) is 4.44. The van der Waals surface area contributed by atoms with Crippen LogP contribution in [0.5, 0.6) is 11.5 Å². The number of rotatable bonds is 8. The van der Waals surface area contributed by atoms with Gasteiger partial charge in [0, 0.05) is 6.42 Å². The lowest BCUT2D eigenvalue weighted by atomic mass is 9.93. The van der Waals surface area contributed by atoms with Gasteiger partial charge in [-0.25, -0.2) is 17.4 Å². The predicted octanol–water partition coefficient (Wildman–Crippen LogP) is 4.17. The molecule has 0 spiro atoms. The van der Waals surface area contributed by atoms with Crippen molar-refractivity contribution in [2.24, 2.45) is 0 Å². The average molecular weight is 494 g/mol. The maximum absolute atomic E-state index is 13.2. The van der Waals surface area contributed by atoms with Crippen molar-refractivity contribution in [3.63, 3.8) is 0 Å². The van der Waals surface area contributed by atoms with Crippen LogP contribution >= 0.6 is 6.80 Å². The number of phenols is 1. The van der Waals surface area contributed by atoms with Gasteiger partial charge >= 0.3 is 6.80 Å². The Balaban J connectivity index is 1.79. The molecule has 0 bridgehead atoms. The molecule has 0 aromatic heterocycles. The predicted molar refractivity (Wildman–Crippen MR) is 122 cm³/mol. The maximum atomic E-state index is 13.2. The van der Waals surface area contributed by atoms with E-state index in [0.29, 0.717) is 18.4 Å². The van der Waals surface area contributed by atoms with Crippen LogP contribution in [0.2, 0.25) is 0 Å². The standard InChI is InChI=1S/C23H24FO7PS/c1-15-9-21(31-14-33(29,30)32(26,27)28)10-16(2)22(15)13-18-5-8-23(25)19(12-18)11-17-3-6-20(24)7-4-17/h3-10,12,25H,11,13-14H2,1-2H3,(H2,26,27,28). The SMILES string of the molecule is Cc1cc(OCS(=O)(=O)P(=O)(O)O)cc(C)c1Cc1ccc(O)c(Cc2ccc(F)cc2)c1. The van der Waals surface area contributed by atoms with E-state index in [9.17, 15) is 22.5 Å². The highest BCUT2D eigenvalue weighted by Crippen LogP contribution is 2.43. The molecule has 10 heteroatoms. The van der Waals surface area contributed by atoms with Gasteiger partial charge in [0.15, 0.2) is 0 Å². The fourth-order valence-electron chi connectivity index (χ4n) is 3.44. The number of phenolic OH excluding ortho intramolecular Hbond substituents is 1. The van der Waals surface area contributed by atoms with E-state index in [4.69, 9.17) is 14.5 Å². The van der Waals surface area contributed by atoms with Crippen molar-refractivity contribution in [2.75, 3.05) is 5.94 Å². The molecule has 7 nitrogen and oxygen atoms in total. The molecule has 3 aromatic carbocycles. The lowest BCUT2D eigenvalue weighted by Gasteiger charge is -2.15. The Morgan fingerprint density at radius 1 is 0.909 bits per heavy atom. The van der Waals surface area contributed by atoms with E-state index in [1.807, 2.05) is 19.9 Å². The van der Waals surface area contributed by atoms with Gasteiger partial charge in [-0.2, -0.15) is 0 Å². The van der Waals surface area contributed by atoms with E-state index >= 15 is 0 Å². The van der Waals surface area contributed by atoms with Crippen LogP contribution < -0.4 is 4.74 Å². The lowest BCUT2D eigenvalue weighted by molar-refractivity contribution is 0.364. The van der Waals surface area contributed by atoms with Crippen LogP contribution in [0, 0.1) is 19.7 Å². The minimum absolute atomic E-state index is 0.145. The maximum Gasteiger partial charge on any atom is 0.443 e. The van der Waals surface area contributed by atoms with Crippen molar-refractivity contribution < 1.29 is 37.0 Å². The van der Waals surface area contributed by atoms with Crippen molar-refractivity contribution in [1.82, 2.24) is 0 Å². The summed E-state index contributed by atoms with van der Waals surface area (Å²) in [4.78, 5) is 17.8. The summed E-state index contributed by atoms with van der Waals surface area (Å²) in [6.07, 6.45) is 0.980. The summed E-state index contributed by atoms with van der Waals surface area (Å²) in [5, 5.41) is 10.2. The zero-order valence-electron chi connectivity index (χ0n) is 18.0. The zero-order chi connectivity index (χ0) is 24.4. The van der Waals surface area contributed by atoms with Gasteiger partial charge < -0.3 is 19.6 Å². The molecule has 0 saturated carbocycles. The Hall–Kier alpha value is -2.71. The molecular formula is C23H24FO7PS. The normalized spacial score (nSPS) is 12.0. The molecule has 0 unspecified atom stereocenters. The van der Waals surface area contributed by atoms with Crippen molar-refractivity contribution >= 4 is 16.3 Å². The number of benzene rings is 3. The van der Waals surface area contributed by atoms with E-state index < -0.39 is 22.2 Å². The van der Waals surface area contributed by atoms with Crippen LogP contribution in [0.3, 0.4) is 0 Å². The third-order valence-corrected chi connectivity index (χ3v) is 8.87. The van der Waals surface area contributed by atoms with Crippen molar-refractivity contribution in [1.29, 1.82) is 0 Å². The van der Waals surface area contributed by atoms with Gasteiger partial charge in [0.25, 0.3) is 9.46 Å². The highest BCUT2D eigenvalue weighted by atomic mass is 32.8. The summed E-state index contributed by atoms with van der Waals surface area (Å²) in [6, 6.07) is 14.6. The Morgan fingerprint density at radius 2 is 1.48 bits per heavy atom. The average Bonchev–Trinajstić information content (AvgIpc) is 2.72. The lowest BCUT2D eigenvalue weighted by Crippen LogP contribution is -2.12. The van der Waals surface area contributed by atoms with Gasteiger partial charge in [-0.1, -0.05) is 24.3 Å². The number of aryl methyl sites for hydroxylation is 2. The van der Waals surface area contributed by atoms with Crippen molar-refractivity contribution in [3.05, 3.63) is 93.8 Å². The molecule has 0 aliphatic rings. The second kappa shape index (κ2) is 9.65. The highest BCUT2D eigenvalue weighted by molar-refractivity contribution is 8.48. The first-order valence-electron chi connectivity index (χ1n) is 9.92. The van der Waals surface area contributed by atoms with E-state index in [1.165, 1.54) is 12.1 Å². The molecule has 3 aromatic rings. The van der Waals surface area contributed by atoms with Crippen molar-refractivity contribution in [2.45, 2.75) is 26.7 Å². The number of halogens is 1. The first kappa shape index (κ1) is 24.9. The number of ether oxygens (including phenoxy) is 1. The molecule has 3 N–H and O–H groups in total. The first-order chi connectivity index (χ1) is 15.4. The molecule has 0 aliphatic carbocycles. The van der Waals surface area contributed by atoms with Crippen LogP contribution in [0.15, 0.2) is 54.6 Å². The minimum Gasteiger partial charge on any atom is -0.508 e. The first-order valence-corrected chi connectivity index (χ1v) is 13.8. The van der Waals surface area contributed by atoms with Crippen LogP contribution in [0.4, 0.5) is 4.39 Å². The highest BCUT2D eigenvalue weighted by Gasteiger charge is 2.34. The molecule has 176 valence electrons. The van der Waals surface area contributed by atoms with E-state index in [0.717, 1.165) is 27.8 Å². The third kappa shape index (κ3) is 6.21. The third-order valence-electron chi connectivity index (χ3n) is 5.24. The van der Waals surface area contributed by atoms with Crippen LogP contribution in [0.1, 0.15) is 33.4 Å². The molecule has 0 atom stereocenters. The van der Waals surface area contributed by atoms with Gasteiger partial charge in [0.05, 0.1) is 0 Å². The summed E-state index contributed by atoms with van der Waals surface area (Å²) < 4.78 is 52.5. The molecule has 0 fully saturated rings.